The average Bonchev–Trinajstić information content (AvgIpc) is 2.67. The van der Waals surface area contributed by atoms with Gasteiger partial charge in [-0.3, -0.25) is 5.10 Å². The Balaban J connectivity index is 2.12. The minimum absolute atomic E-state index is 0.160. The second kappa shape index (κ2) is 4.01. The van der Waals surface area contributed by atoms with Crippen LogP contribution < -0.4 is 5.32 Å². The average molecular weight is 238 g/mol. The number of H-pyrrole nitrogens is 1. The zero-order chi connectivity index (χ0) is 10.9. The van der Waals surface area contributed by atoms with Crippen LogP contribution in [-0.4, -0.2) is 33.2 Å². The predicted octanol–water partition coefficient (Wildman–Crippen LogP) is 1.20. The molecule has 2 N–H and O–H groups in total. The summed E-state index contributed by atoms with van der Waals surface area (Å²) in [5, 5.41) is 8.56. The van der Waals surface area contributed by atoms with Crippen LogP contribution in [0.2, 0.25) is 0 Å². The molecule has 1 atom stereocenters. The first-order chi connectivity index (χ1) is 7.07. The molecule has 1 aliphatic rings. The molecule has 0 spiro atoms. The molecule has 8 heteroatoms. The van der Waals surface area contributed by atoms with Gasteiger partial charge in [-0.15, -0.1) is 5.10 Å². The van der Waals surface area contributed by atoms with E-state index >= 15 is 0 Å². The fourth-order valence-electron chi connectivity index (χ4n) is 1.30. The lowest BCUT2D eigenvalue weighted by atomic mass is 10.3. The standard InChI is InChI=1S/C7H9F3N4S/c8-7(9,10)6-12-5(13-14-6)4-3-15-2-1-11-4/h4,11H,1-3H2,(H,12,13,14). The molecule has 1 aromatic heterocycles. The van der Waals surface area contributed by atoms with E-state index in [1.165, 1.54) is 0 Å². The lowest BCUT2D eigenvalue weighted by Gasteiger charge is -2.20. The monoisotopic (exact) mass is 238 g/mol. The molecule has 0 amide bonds. The number of thioether (sulfide) groups is 1. The molecule has 1 aliphatic heterocycles. The number of halogens is 3. The maximum atomic E-state index is 12.2. The van der Waals surface area contributed by atoms with E-state index in [-0.39, 0.29) is 11.9 Å². The second-order valence-corrected chi connectivity index (χ2v) is 4.27. The van der Waals surface area contributed by atoms with Gasteiger partial charge in [-0.25, -0.2) is 4.98 Å². The normalized spacial score (nSPS) is 23.0. The van der Waals surface area contributed by atoms with Crippen molar-refractivity contribution in [1.29, 1.82) is 0 Å². The van der Waals surface area contributed by atoms with E-state index in [0.29, 0.717) is 5.75 Å². The first-order valence-corrected chi connectivity index (χ1v) is 5.53. The molecule has 15 heavy (non-hydrogen) atoms. The quantitative estimate of drug-likeness (QED) is 0.772. The van der Waals surface area contributed by atoms with Crippen molar-refractivity contribution in [3.63, 3.8) is 0 Å². The molecule has 0 aliphatic carbocycles. The highest BCUT2D eigenvalue weighted by Crippen LogP contribution is 2.27. The fourth-order valence-corrected chi connectivity index (χ4v) is 2.24. The number of hydrogen-bond acceptors (Lipinski definition) is 4. The molecule has 1 saturated heterocycles. The first-order valence-electron chi connectivity index (χ1n) is 4.38. The summed E-state index contributed by atoms with van der Waals surface area (Å²) in [6.07, 6.45) is -4.48. The van der Waals surface area contributed by atoms with Crippen LogP contribution >= 0.6 is 11.8 Å². The van der Waals surface area contributed by atoms with E-state index in [0.717, 1.165) is 12.3 Å². The highest BCUT2D eigenvalue weighted by molar-refractivity contribution is 7.99. The molecular formula is C7H9F3N4S. The van der Waals surface area contributed by atoms with Crippen molar-refractivity contribution in [3.05, 3.63) is 11.6 Å². The van der Waals surface area contributed by atoms with Gasteiger partial charge in [-0.2, -0.15) is 24.9 Å². The summed E-state index contributed by atoms with van der Waals surface area (Å²) in [5.41, 5.74) is 0. The lowest BCUT2D eigenvalue weighted by molar-refractivity contribution is -0.144. The molecule has 1 aromatic rings. The highest BCUT2D eigenvalue weighted by atomic mass is 32.2. The van der Waals surface area contributed by atoms with E-state index in [1.807, 2.05) is 0 Å². The number of nitrogens with zero attached hydrogens (tertiary/aromatic N) is 2. The van der Waals surface area contributed by atoms with Gasteiger partial charge in [0.05, 0.1) is 6.04 Å². The molecule has 2 rings (SSSR count). The molecule has 1 fully saturated rings. The molecule has 0 saturated carbocycles. The van der Waals surface area contributed by atoms with Gasteiger partial charge in [0, 0.05) is 18.1 Å². The Morgan fingerprint density at radius 2 is 2.20 bits per heavy atom. The van der Waals surface area contributed by atoms with Crippen LogP contribution in [0.4, 0.5) is 13.2 Å². The summed E-state index contributed by atoms with van der Waals surface area (Å²) in [6, 6.07) is -0.160. The van der Waals surface area contributed by atoms with Crippen molar-refractivity contribution in [2.45, 2.75) is 12.2 Å². The molecule has 0 aromatic carbocycles. The number of aromatic amines is 1. The Bertz CT molecular complexity index is 331. The lowest BCUT2D eigenvalue weighted by Crippen LogP contribution is -2.31. The zero-order valence-corrected chi connectivity index (χ0v) is 8.45. The van der Waals surface area contributed by atoms with Crippen molar-refractivity contribution >= 4 is 11.8 Å². The van der Waals surface area contributed by atoms with Gasteiger partial charge < -0.3 is 5.32 Å². The molecule has 0 radical (unpaired) electrons. The molecule has 4 nitrogen and oxygen atoms in total. The van der Waals surface area contributed by atoms with Crippen molar-refractivity contribution in [2.24, 2.45) is 0 Å². The molecule has 2 heterocycles. The maximum Gasteiger partial charge on any atom is 0.453 e. The number of hydrogen-bond donors (Lipinski definition) is 2. The number of nitrogens with one attached hydrogen (secondary N) is 2. The Kier molecular flexibility index (Phi) is 2.87. The van der Waals surface area contributed by atoms with Crippen molar-refractivity contribution in [1.82, 2.24) is 20.5 Å². The van der Waals surface area contributed by atoms with Gasteiger partial charge in [0.25, 0.3) is 5.82 Å². The smallest absolute Gasteiger partial charge is 0.306 e. The molecule has 0 bridgehead atoms. The third-order valence-corrected chi connectivity index (χ3v) is 3.07. The summed E-state index contributed by atoms with van der Waals surface area (Å²) in [4.78, 5) is 3.44. The zero-order valence-electron chi connectivity index (χ0n) is 7.64. The van der Waals surface area contributed by atoms with Crippen LogP contribution in [0.15, 0.2) is 0 Å². The maximum absolute atomic E-state index is 12.2. The highest BCUT2D eigenvalue weighted by Gasteiger charge is 2.36. The Morgan fingerprint density at radius 1 is 1.40 bits per heavy atom. The van der Waals surface area contributed by atoms with E-state index in [1.54, 1.807) is 11.8 Å². The van der Waals surface area contributed by atoms with E-state index in [2.05, 4.69) is 20.5 Å². The summed E-state index contributed by atoms with van der Waals surface area (Å²) >= 11 is 1.68. The van der Waals surface area contributed by atoms with E-state index in [9.17, 15) is 13.2 Å². The van der Waals surface area contributed by atoms with E-state index in [4.69, 9.17) is 0 Å². The summed E-state index contributed by atoms with van der Waals surface area (Å²) < 4.78 is 36.6. The topological polar surface area (TPSA) is 53.6 Å². The third-order valence-electron chi connectivity index (χ3n) is 2.01. The van der Waals surface area contributed by atoms with Crippen LogP contribution in [0, 0.1) is 0 Å². The molecule has 84 valence electrons. The molecule has 1 unspecified atom stereocenters. The van der Waals surface area contributed by atoms with Crippen LogP contribution in [0.3, 0.4) is 0 Å². The fraction of sp³-hybridized carbons (Fsp3) is 0.714. The summed E-state index contributed by atoms with van der Waals surface area (Å²) in [6.45, 7) is 0.775. The van der Waals surface area contributed by atoms with E-state index < -0.39 is 12.0 Å². The largest absolute Gasteiger partial charge is 0.453 e. The minimum Gasteiger partial charge on any atom is -0.306 e. The number of alkyl halides is 3. The second-order valence-electron chi connectivity index (χ2n) is 3.12. The summed E-state index contributed by atoms with van der Waals surface area (Å²) in [5.74, 6) is 0.841. The van der Waals surface area contributed by atoms with Gasteiger partial charge in [-0.1, -0.05) is 0 Å². The molecular weight excluding hydrogens is 229 g/mol. The van der Waals surface area contributed by atoms with Gasteiger partial charge in [0.2, 0.25) is 0 Å². The first kappa shape index (κ1) is 10.7. The Labute approximate surface area is 88.0 Å². The Hall–Kier alpha value is -0.760. The van der Waals surface area contributed by atoms with Crippen molar-refractivity contribution in [3.8, 4) is 0 Å². The van der Waals surface area contributed by atoms with Gasteiger partial charge in [0.15, 0.2) is 0 Å². The van der Waals surface area contributed by atoms with Crippen LogP contribution in [-0.2, 0) is 6.18 Å². The Morgan fingerprint density at radius 3 is 2.73 bits per heavy atom. The minimum atomic E-state index is -4.48. The summed E-state index contributed by atoms with van der Waals surface area (Å²) in [7, 11) is 0. The SMILES string of the molecule is FC(F)(F)c1n[nH]c(C2CSCCN2)n1. The van der Waals surface area contributed by atoms with Crippen molar-refractivity contribution in [2.75, 3.05) is 18.1 Å². The third kappa shape index (κ3) is 2.43. The van der Waals surface area contributed by atoms with Gasteiger partial charge in [0.1, 0.15) is 5.82 Å². The van der Waals surface area contributed by atoms with Crippen LogP contribution in [0.25, 0.3) is 0 Å². The van der Waals surface area contributed by atoms with Crippen molar-refractivity contribution < 1.29 is 13.2 Å². The van der Waals surface area contributed by atoms with Crippen LogP contribution in [0.5, 0.6) is 0 Å². The number of aromatic nitrogens is 3. The van der Waals surface area contributed by atoms with Gasteiger partial charge in [-0.05, 0) is 0 Å². The van der Waals surface area contributed by atoms with Crippen LogP contribution in [0.1, 0.15) is 17.7 Å². The van der Waals surface area contributed by atoms with Gasteiger partial charge >= 0.3 is 6.18 Å². The predicted molar refractivity (Wildman–Crippen MR) is 49.5 cm³/mol. The number of rotatable bonds is 1.